The van der Waals surface area contributed by atoms with E-state index in [2.05, 4.69) is 24.3 Å². The number of hydrogen-bond donors (Lipinski definition) is 0. The summed E-state index contributed by atoms with van der Waals surface area (Å²) in [6.07, 6.45) is 0. The molecule has 0 N–H and O–H groups in total. The molecule has 0 radical (unpaired) electrons. The first-order valence-corrected chi connectivity index (χ1v) is 8.99. The normalized spacial score (nSPS) is 10.9. The van der Waals surface area contributed by atoms with Crippen LogP contribution in [0, 0.1) is 6.92 Å². The van der Waals surface area contributed by atoms with Gasteiger partial charge in [-0.25, -0.2) is 4.98 Å². The van der Waals surface area contributed by atoms with Gasteiger partial charge in [-0.2, -0.15) is 0 Å². The van der Waals surface area contributed by atoms with Crippen molar-refractivity contribution in [3.8, 4) is 11.3 Å². The van der Waals surface area contributed by atoms with Crippen molar-refractivity contribution in [1.29, 1.82) is 0 Å². The van der Waals surface area contributed by atoms with E-state index in [9.17, 15) is 4.79 Å². The summed E-state index contributed by atoms with van der Waals surface area (Å²) in [5.41, 5.74) is 3.71. The Morgan fingerprint density at radius 2 is 1.22 bits per heavy atom. The van der Waals surface area contributed by atoms with Gasteiger partial charge in [0.1, 0.15) is 5.82 Å². The van der Waals surface area contributed by atoms with Gasteiger partial charge in [-0.1, -0.05) is 91.0 Å². The highest BCUT2D eigenvalue weighted by atomic mass is 16.1. The molecule has 1 aromatic heterocycles. The van der Waals surface area contributed by atoms with Gasteiger partial charge in [-0.3, -0.25) is 9.36 Å². The van der Waals surface area contributed by atoms with Crippen LogP contribution in [0.15, 0.2) is 102 Å². The molecule has 3 nitrogen and oxygen atoms in total. The van der Waals surface area contributed by atoms with E-state index in [0.29, 0.717) is 11.5 Å². The molecule has 4 aromatic rings. The zero-order valence-corrected chi connectivity index (χ0v) is 15.1. The maximum absolute atomic E-state index is 13.1. The second kappa shape index (κ2) is 7.42. The molecule has 3 aromatic carbocycles. The minimum Gasteiger partial charge on any atom is -0.285 e. The number of aryl methyl sites for hydroxylation is 1. The van der Waals surface area contributed by atoms with Crippen LogP contribution in [0.4, 0.5) is 0 Å². The van der Waals surface area contributed by atoms with Gasteiger partial charge in [-0.15, -0.1) is 0 Å². The standard InChI is InChI=1S/C24H20N2O/c1-18-25-22(19-11-5-2-6-12-19)17-23(27)26(18)24(20-13-7-3-8-14-20)21-15-9-4-10-16-21/h2-17,24H,1H3. The maximum Gasteiger partial charge on any atom is 0.254 e. The van der Waals surface area contributed by atoms with E-state index in [-0.39, 0.29) is 11.6 Å². The summed E-state index contributed by atoms with van der Waals surface area (Å²) in [6, 6.07) is 31.4. The topological polar surface area (TPSA) is 34.9 Å². The molecule has 0 aliphatic heterocycles. The predicted molar refractivity (Wildman–Crippen MR) is 109 cm³/mol. The Morgan fingerprint density at radius 1 is 0.741 bits per heavy atom. The fraction of sp³-hybridized carbons (Fsp3) is 0.0833. The van der Waals surface area contributed by atoms with Gasteiger partial charge in [0.2, 0.25) is 0 Å². The third kappa shape index (κ3) is 3.44. The van der Waals surface area contributed by atoms with Crippen LogP contribution in [0.3, 0.4) is 0 Å². The third-order valence-electron chi connectivity index (χ3n) is 4.69. The van der Waals surface area contributed by atoms with E-state index < -0.39 is 0 Å². The van der Waals surface area contributed by atoms with Crippen molar-refractivity contribution in [3.05, 3.63) is 124 Å². The molecule has 0 spiro atoms. The lowest BCUT2D eigenvalue weighted by atomic mass is 9.98. The molecular formula is C24H20N2O. The number of nitrogens with zero attached hydrogens (tertiary/aromatic N) is 2. The van der Waals surface area contributed by atoms with Crippen molar-refractivity contribution < 1.29 is 0 Å². The molecule has 0 fully saturated rings. The second-order valence-electron chi connectivity index (χ2n) is 6.49. The van der Waals surface area contributed by atoms with Crippen LogP contribution in [0.25, 0.3) is 11.3 Å². The monoisotopic (exact) mass is 352 g/mol. The number of aromatic nitrogens is 2. The smallest absolute Gasteiger partial charge is 0.254 e. The molecular weight excluding hydrogens is 332 g/mol. The van der Waals surface area contributed by atoms with Gasteiger partial charge >= 0.3 is 0 Å². The van der Waals surface area contributed by atoms with Gasteiger partial charge in [0.05, 0.1) is 11.7 Å². The summed E-state index contributed by atoms with van der Waals surface area (Å²) in [6.45, 7) is 1.90. The fourth-order valence-electron chi connectivity index (χ4n) is 3.44. The highest BCUT2D eigenvalue weighted by molar-refractivity contribution is 5.58. The quantitative estimate of drug-likeness (QED) is 0.526. The minimum atomic E-state index is -0.211. The van der Waals surface area contributed by atoms with Crippen molar-refractivity contribution in [2.75, 3.05) is 0 Å². The van der Waals surface area contributed by atoms with E-state index in [1.807, 2.05) is 73.7 Å². The van der Waals surface area contributed by atoms with Crippen LogP contribution in [0.2, 0.25) is 0 Å². The van der Waals surface area contributed by atoms with E-state index in [4.69, 9.17) is 4.98 Å². The van der Waals surface area contributed by atoms with Gasteiger partial charge in [0, 0.05) is 11.6 Å². The van der Waals surface area contributed by atoms with Crippen molar-refractivity contribution in [1.82, 2.24) is 9.55 Å². The third-order valence-corrected chi connectivity index (χ3v) is 4.69. The first-order valence-electron chi connectivity index (χ1n) is 8.99. The lowest BCUT2D eigenvalue weighted by Crippen LogP contribution is -2.29. The fourth-order valence-corrected chi connectivity index (χ4v) is 3.44. The lowest BCUT2D eigenvalue weighted by molar-refractivity contribution is 0.612. The van der Waals surface area contributed by atoms with Crippen LogP contribution in [-0.2, 0) is 0 Å². The Labute approximate surface area is 158 Å². The Balaban J connectivity index is 1.90. The summed E-state index contributed by atoms with van der Waals surface area (Å²) in [4.78, 5) is 17.9. The first-order chi connectivity index (χ1) is 13.2. The Hall–Kier alpha value is -3.46. The van der Waals surface area contributed by atoms with Crippen LogP contribution >= 0.6 is 0 Å². The van der Waals surface area contributed by atoms with Crippen LogP contribution in [0.5, 0.6) is 0 Å². The van der Waals surface area contributed by atoms with Crippen molar-refractivity contribution >= 4 is 0 Å². The molecule has 0 aliphatic carbocycles. The molecule has 0 unspecified atom stereocenters. The van der Waals surface area contributed by atoms with Crippen molar-refractivity contribution in [2.45, 2.75) is 13.0 Å². The molecule has 0 saturated heterocycles. The average molecular weight is 352 g/mol. The summed E-state index contributed by atoms with van der Waals surface area (Å²) < 4.78 is 1.77. The lowest BCUT2D eigenvalue weighted by Gasteiger charge is -2.23. The number of rotatable bonds is 4. The molecule has 0 atom stereocenters. The Bertz CT molecular complexity index is 1050. The Kier molecular flexibility index (Phi) is 4.67. The minimum absolute atomic E-state index is 0.0564. The molecule has 27 heavy (non-hydrogen) atoms. The summed E-state index contributed by atoms with van der Waals surface area (Å²) >= 11 is 0. The summed E-state index contributed by atoms with van der Waals surface area (Å²) in [7, 11) is 0. The zero-order chi connectivity index (χ0) is 18.6. The molecule has 1 heterocycles. The largest absolute Gasteiger partial charge is 0.285 e. The zero-order valence-electron chi connectivity index (χ0n) is 15.1. The average Bonchev–Trinajstić information content (AvgIpc) is 2.72. The summed E-state index contributed by atoms with van der Waals surface area (Å²) in [5, 5.41) is 0. The molecule has 0 aliphatic rings. The van der Waals surface area contributed by atoms with Gasteiger partial charge in [0.15, 0.2) is 0 Å². The molecule has 132 valence electrons. The van der Waals surface area contributed by atoms with E-state index in [1.165, 1.54) is 0 Å². The Morgan fingerprint density at radius 3 is 1.70 bits per heavy atom. The SMILES string of the molecule is Cc1nc(-c2ccccc2)cc(=O)n1C(c1ccccc1)c1ccccc1. The van der Waals surface area contributed by atoms with Crippen LogP contribution in [0.1, 0.15) is 23.0 Å². The summed E-state index contributed by atoms with van der Waals surface area (Å²) in [5.74, 6) is 0.694. The molecule has 4 rings (SSSR count). The van der Waals surface area contributed by atoms with Crippen LogP contribution in [-0.4, -0.2) is 9.55 Å². The maximum atomic E-state index is 13.1. The highest BCUT2D eigenvalue weighted by Crippen LogP contribution is 2.27. The second-order valence-corrected chi connectivity index (χ2v) is 6.49. The van der Waals surface area contributed by atoms with Crippen molar-refractivity contribution in [3.63, 3.8) is 0 Å². The molecule has 0 saturated carbocycles. The molecule has 0 amide bonds. The first kappa shape index (κ1) is 17.0. The van der Waals surface area contributed by atoms with E-state index in [1.54, 1.807) is 10.6 Å². The van der Waals surface area contributed by atoms with Gasteiger partial charge in [-0.05, 0) is 18.1 Å². The highest BCUT2D eigenvalue weighted by Gasteiger charge is 2.20. The number of benzene rings is 3. The van der Waals surface area contributed by atoms with E-state index in [0.717, 1.165) is 16.7 Å². The predicted octanol–water partition coefficient (Wildman–Crippen LogP) is 4.86. The molecule has 3 heteroatoms. The van der Waals surface area contributed by atoms with Crippen LogP contribution < -0.4 is 5.56 Å². The van der Waals surface area contributed by atoms with Crippen molar-refractivity contribution in [2.24, 2.45) is 0 Å². The van der Waals surface area contributed by atoms with E-state index >= 15 is 0 Å². The van der Waals surface area contributed by atoms with Gasteiger partial charge < -0.3 is 0 Å². The number of hydrogen-bond acceptors (Lipinski definition) is 2. The molecule has 0 bridgehead atoms. The van der Waals surface area contributed by atoms with Gasteiger partial charge in [0.25, 0.3) is 5.56 Å².